The van der Waals surface area contributed by atoms with Gasteiger partial charge in [-0.25, -0.2) is 0 Å². The van der Waals surface area contributed by atoms with Gasteiger partial charge in [-0.05, 0) is 86.8 Å². The maximum absolute atomic E-state index is 12.7. The Morgan fingerprint density at radius 2 is 1.87 bits per heavy atom. The Labute approximate surface area is 181 Å². The van der Waals surface area contributed by atoms with Gasteiger partial charge in [0.15, 0.2) is 0 Å². The maximum Gasteiger partial charge on any atom is 0.248 e. The molecular weight excluding hydrogens is 392 g/mol. The van der Waals surface area contributed by atoms with E-state index in [0.29, 0.717) is 17.2 Å². The van der Waals surface area contributed by atoms with E-state index in [9.17, 15) is 9.59 Å². The van der Waals surface area contributed by atoms with E-state index >= 15 is 0 Å². The van der Waals surface area contributed by atoms with Crippen LogP contribution in [0.25, 0.3) is 10.9 Å². The fourth-order valence-corrected chi connectivity index (χ4v) is 4.31. The van der Waals surface area contributed by atoms with Gasteiger partial charge in [-0.2, -0.15) is 0 Å². The second-order valence-electron chi connectivity index (χ2n) is 8.07. The highest BCUT2D eigenvalue weighted by molar-refractivity contribution is 5.96. The van der Waals surface area contributed by atoms with Crippen LogP contribution in [0.2, 0.25) is 0 Å². The lowest BCUT2D eigenvalue weighted by Crippen LogP contribution is -2.45. The van der Waals surface area contributed by atoms with Crippen molar-refractivity contribution in [2.24, 2.45) is 5.73 Å². The zero-order valence-electron chi connectivity index (χ0n) is 17.9. The molecule has 0 bridgehead atoms. The Bertz CT molecular complexity index is 1080. The Balaban J connectivity index is 1.37. The summed E-state index contributed by atoms with van der Waals surface area (Å²) in [5.74, 6) is 0.776. The number of primary amides is 1. The fraction of sp³-hybridized carbons (Fsp3) is 0.333. The van der Waals surface area contributed by atoms with Crippen LogP contribution in [0.3, 0.4) is 0 Å². The number of carbonyl (C=O) groups excluding carboxylic acids is 2. The highest BCUT2D eigenvalue weighted by atomic mass is 16.5. The molecule has 31 heavy (non-hydrogen) atoms. The minimum absolute atomic E-state index is 0.0536. The van der Waals surface area contributed by atoms with Gasteiger partial charge in [0.25, 0.3) is 0 Å². The van der Waals surface area contributed by atoms with Crippen LogP contribution in [0.15, 0.2) is 48.7 Å². The molecule has 1 aliphatic heterocycles. The average Bonchev–Trinajstić information content (AvgIpc) is 3.22. The van der Waals surface area contributed by atoms with E-state index in [1.54, 1.807) is 31.4 Å². The van der Waals surface area contributed by atoms with Crippen LogP contribution < -0.4 is 15.8 Å². The van der Waals surface area contributed by atoms with Gasteiger partial charge in [0.2, 0.25) is 11.8 Å². The smallest absolute Gasteiger partial charge is 0.248 e. The van der Waals surface area contributed by atoms with Gasteiger partial charge in [-0.3, -0.25) is 14.5 Å². The van der Waals surface area contributed by atoms with Crippen LogP contribution in [0.4, 0.5) is 5.69 Å². The van der Waals surface area contributed by atoms with Crippen molar-refractivity contribution in [1.82, 2.24) is 9.88 Å². The predicted molar refractivity (Wildman–Crippen MR) is 121 cm³/mol. The van der Waals surface area contributed by atoms with Crippen molar-refractivity contribution in [3.8, 4) is 5.75 Å². The molecule has 7 heteroatoms. The van der Waals surface area contributed by atoms with Crippen molar-refractivity contribution < 1.29 is 14.3 Å². The van der Waals surface area contributed by atoms with Gasteiger partial charge in [-0.1, -0.05) is 0 Å². The van der Waals surface area contributed by atoms with Gasteiger partial charge in [0.1, 0.15) is 5.75 Å². The molecule has 1 unspecified atom stereocenters. The lowest BCUT2D eigenvalue weighted by molar-refractivity contribution is -0.121. The lowest BCUT2D eigenvalue weighted by Gasteiger charge is -2.35. The first-order valence-electron chi connectivity index (χ1n) is 10.6. The average molecular weight is 421 g/mol. The Morgan fingerprint density at radius 1 is 1.16 bits per heavy atom. The molecule has 0 radical (unpaired) electrons. The molecule has 4 N–H and O–H groups in total. The van der Waals surface area contributed by atoms with E-state index < -0.39 is 5.91 Å². The number of fused-ring (bicyclic) bond motifs is 1. The fourth-order valence-electron chi connectivity index (χ4n) is 4.31. The zero-order chi connectivity index (χ0) is 22.0. The van der Waals surface area contributed by atoms with Crippen molar-refractivity contribution in [3.05, 3.63) is 59.8 Å². The third kappa shape index (κ3) is 4.41. The van der Waals surface area contributed by atoms with E-state index in [1.165, 1.54) is 10.9 Å². The van der Waals surface area contributed by atoms with Crippen LogP contribution in [-0.2, 0) is 4.79 Å². The lowest BCUT2D eigenvalue weighted by atomic mass is 9.88. The number of carbonyl (C=O) groups is 2. The molecule has 4 rings (SSSR count). The Hall–Kier alpha value is -3.32. The quantitative estimate of drug-likeness (QED) is 0.568. The normalized spacial score (nSPS) is 16.2. The largest absolute Gasteiger partial charge is 0.497 e. The molecule has 7 nitrogen and oxygen atoms in total. The first kappa shape index (κ1) is 20.9. The molecule has 0 aliphatic carbocycles. The van der Waals surface area contributed by atoms with Gasteiger partial charge >= 0.3 is 0 Å². The number of nitrogens with zero attached hydrogens (tertiary/aromatic N) is 1. The molecule has 1 saturated heterocycles. The van der Waals surface area contributed by atoms with E-state index in [0.717, 1.165) is 37.2 Å². The van der Waals surface area contributed by atoms with Crippen molar-refractivity contribution in [2.45, 2.75) is 31.7 Å². The number of ether oxygens (including phenoxy) is 1. The van der Waals surface area contributed by atoms with Crippen LogP contribution in [-0.4, -0.2) is 47.9 Å². The number of H-pyrrole nitrogens is 1. The summed E-state index contributed by atoms with van der Waals surface area (Å²) >= 11 is 0. The summed E-state index contributed by atoms with van der Waals surface area (Å²) in [7, 11) is 1.69. The van der Waals surface area contributed by atoms with Gasteiger partial charge in [0, 0.05) is 28.4 Å². The van der Waals surface area contributed by atoms with Crippen molar-refractivity contribution in [3.63, 3.8) is 0 Å². The Morgan fingerprint density at radius 3 is 2.52 bits per heavy atom. The summed E-state index contributed by atoms with van der Waals surface area (Å²) in [6.07, 6.45) is 4.10. The molecule has 1 atom stereocenters. The number of rotatable bonds is 6. The summed E-state index contributed by atoms with van der Waals surface area (Å²) < 4.78 is 5.39. The number of hydrogen-bond acceptors (Lipinski definition) is 4. The molecule has 0 spiro atoms. The van der Waals surface area contributed by atoms with E-state index in [1.807, 2.05) is 13.0 Å². The van der Waals surface area contributed by atoms with E-state index in [2.05, 4.69) is 33.5 Å². The summed E-state index contributed by atoms with van der Waals surface area (Å²) in [6, 6.07) is 12.5. The van der Waals surface area contributed by atoms with E-state index in [-0.39, 0.29) is 11.9 Å². The first-order chi connectivity index (χ1) is 15.0. The number of nitrogens with one attached hydrogen (secondary N) is 2. The topological polar surface area (TPSA) is 100 Å². The monoisotopic (exact) mass is 420 g/mol. The molecule has 0 saturated carbocycles. The summed E-state index contributed by atoms with van der Waals surface area (Å²) in [6.45, 7) is 3.65. The molecule has 2 heterocycles. The second kappa shape index (κ2) is 8.81. The molecule has 162 valence electrons. The number of amides is 2. The number of likely N-dealkylation sites (tertiary alicyclic amines) is 1. The minimum atomic E-state index is -0.484. The number of methoxy groups -OCH3 is 1. The number of nitrogens with two attached hydrogens (primary N) is 1. The molecule has 3 aromatic rings. The molecule has 1 aliphatic rings. The number of aromatic nitrogens is 1. The summed E-state index contributed by atoms with van der Waals surface area (Å²) in [5, 5.41) is 4.14. The third-order valence-electron chi connectivity index (χ3n) is 6.25. The highest BCUT2D eigenvalue weighted by Gasteiger charge is 2.28. The van der Waals surface area contributed by atoms with E-state index in [4.69, 9.17) is 10.5 Å². The molecular formula is C24H28N4O3. The number of anilines is 1. The zero-order valence-corrected chi connectivity index (χ0v) is 17.9. The van der Waals surface area contributed by atoms with Gasteiger partial charge in [0.05, 0.1) is 13.2 Å². The predicted octanol–water partition coefficient (Wildman–Crippen LogP) is 3.48. The Kier molecular flexibility index (Phi) is 5.95. The standard InChI is InChI=1S/C24H28N4O3/c1-15(24(30)27-18-5-3-17(4-6-18)23(25)29)28-11-9-16(10-12-28)21-14-26-22-8-7-19(31-2)13-20(21)22/h3-8,13-16,26H,9-12H2,1-2H3,(H2,25,29)(H,27,30). The van der Waals surface area contributed by atoms with Crippen LogP contribution in [0.5, 0.6) is 5.75 Å². The maximum atomic E-state index is 12.7. The number of benzene rings is 2. The number of aromatic amines is 1. The van der Waals surface area contributed by atoms with Crippen LogP contribution in [0.1, 0.15) is 41.6 Å². The second-order valence-corrected chi connectivity index (χ2v) is 8.07. The minimum Gasteiger partial charge on any atom is -0.497 e. The third-order valence-corrected chi connectivity index (χ3v) is 6.25. The summed E-state index contributed by atoms with van der Waals surface area (Å²) in [4.78, 5) is 29.5. The van der Waals surface area contributed by atoms with Crippen molar-refractivity contribution >= 4 is 28.4 Å². The molecule has 1 fully saturated rings. The molecule has 2 amide bonds. The number of hydrogen-bond donors (Lipinski definition) is 3. The SMILES string of the molecule is COc1ccc2[nH]cc(C3CCN(C(C)C(=O)Nc4ccc(C(N)=O)cc4)CC3)c2c1. The highest BCUT2D eigenvalue weighted by Crippen LogP contribution is 2.35. The van der Waals surface area contributed by atoms with Crippen molar-refractivity contribution in [2.75, 3.05) is 25.5 Å². The first-order valence-corrected chi connectivity index (χ1v) is 10.6. The number of piperidine rings is 1. The van der Waals surface area contributed by atoms with Gasteiger partial charge < -0.3 is 20.8 Å². The molecule has 2 aromatic carbocycles. The van der Waals surface area contributed by atoms with Gasteiger partial charge in [-0.15, -0.1) is 0 Å². The van der Waals surface area contributed by atoms with Crippen LogP contribution in [0, 0.1) is 0 Å². The summed E-state index contributed by atoms with van der Waals surface area (Å²) in [5.41, 5.74) is 8.78. The van der Waals surface area contributed by atoms with Crippen molar-refractivity contribution in [1.29, 1.82) is 0 Å². The molecule has 1 aromatic heterocycles. The van der Waals surface area contributed by atoms with Crippen LogP contribution >= 0.6 is 0 Å².